The number of halogens is 1. The number of rotatable bonds is 5. The zero-order chi connectivity index (χ0) is 15.4. The maximum Gasteiger partial charge on any atom is 0.390 e. The summed E-state index contributed by atoms with van der Waals surface area (Å²) in [7, 11) is 0. The third-order valence-electron chi connectivity index (χ3n) is 2.81. The molecule has 2 aromatic rings. The van der Waals surface area contributed by atoms with Gasteiger partial charge in [-0.05, 0) is 30.0 Å². The van der Waals surface area contributed by atoms with Crippen molar-refractivity contribution in [2.75, 3.05) is 5.32 Å². The lowest BCUT2D eigenvalue weighted by Gasteiger charge is -2.04. The Morgan fingerprint density at radius 2 is 2.24 bits per heavy atom. The van der Waals surface area contributed by atoms with Crippen molar-refractivity contribution >= 4 is 17.4 Å². The van der Waals surface area contributed by atoms with Gasteiger partial charge in [0, 0.05) is 12.1 Å². The largest absolute Gasteiger partial charge is 0.390 e. The molecular formula is C13H13FN4O3. The van der Waals surface area contributed by atoms with E-state index in [2.05, 4.69) is 10.4 Å². The van der Waals surface area contributed by atoms with E-state index in [1.165, 1.54) is 28.9 Å². The molecule has 0 aliphatic heterocycles. The highest BCUT2D eigenvalue weighted by Gasteiger charge is 2.15. The minimum Gasteiger partial charge on any atom is -0.358 e. The number of anilines is 1. The number of hydrogen-bond acceptors (Lipinski definition) is 4. The van der Waals surface area contributed by atoms with E-state index >= 15 is 0 Å². The SMILES string of the molecule is Cc1cc([N+](=O)[O-])nn1CCC(=O)Nc1cccc(F)c1. The van der Waals surface area contributed by atoms with Crippen LogP contribution < -0.4 is 5.32 Å². The molecule has 1 aromatic heterocycles. The fourth-order valence-electron chi connectivity index (χ4n) is 1.81. The average molecular weight is 292 g/mol. The van der Waals surface area contributed by atoms with Gasteiger partial charge in [0.15, 0.2) is 0 Å². The second kappa shape index (κ2) is 6.12. The predicted molar refractivity (Wildman–Crippen MR) is 73.3 cm³/mol. The van der Waals surface area contributed by atoms with Crippen molar-refractivity contribution in [3.8, 4) is 0 Å². The third kappa shape index (κ3) is 3.85. The van der Waals surface area contributed by atoms with Gasteiger partial charge in [-0.1, -0.05) is 6.07 Å². The van der Waals surface area contributed by atoms with Crippen LogP contribution in [0.2, 0.25) is 0 Å². The van der Waals surface area contributed by atoms with Gasteiger partial charge in [0.05, 0.1) is 23.4 Å². The van der Waals surface area contributed by atoms with Crippen molar-refractivity contribution in [3.63, 3.8) is 0 Å². The molecule has 0 unspecified atom stereocenters. The van der Waals surface area contributed by atoms with Gasteiger partial charge >= 0.3 is 5.82 Å². The Morgan fingerprint density at radius 1 is 1.48 bits per heavy atom. The molecule has 0 bridgehead atoms. The monoisotopic (exact) mass is 292 g/mol. The van der Waals surface area contributed by atoms with Crippen molar-refractivity contribution < 1.29 is 14.1 Å². The van der Waals surface area contributed by atoms with Crippen molar-refractivity contribution in [3.05, 3.63) is 52.0 Å². The van der Waals surface area contributed by atoms with Gasteiger partial charge in [-0.25, -0.2) is 4.39 Å². The summed E-state index contributed by atoms with van der Waals surface area (Å²) in [5.41, 5.74) is 0.962. The molecule has 21 heavy (non-hydrogen) atoms. The van der Waals surface area contributed by atoms with Crippen molar-refractivity contribution in [1.29, 1.82) is 0 Å². The second-order valence-corrected chi connectivity index (χ2v) is 4.43. The summed E-state index contributed by atoms with van der Waals surface area (Å²) >= 11 is 0. The van der Waals surface area contributed by atoms with Crippen LogP contribution >= 0.6 is 0 Å². The lowest BCUT2D eigenvalue weighted by molar-refractivity contribution is -0.389. The number of carbonyl (C=O) groups is 1. The zero-order valence-electron chi connectivity index (χ0n) is 11.2. The first kappa shape index (κ1) is 14.6. The van der Waals surface area contributed by atoms with Crippen LogP contribution in [0, 0.1) is 22.9 Å². The number of nitrogens with zero attached hydrogens (tertiary/aromatic N) is 3. The van der Waals surface area contributed by atoms with E-state index in [0.717, 1.165) is 0 Å². The van der Waals surface area contributed by atoms with E-state index in [9.17, 15) is 19.3 Å². The lowest BCUT2D eigenvalue weighted by atomic mass is 10.3. The summed E-state index contributed by atoms with van der Waals surface area (Å²) in [5.74, 6) is -1.01. The van der Waals surface area contributed by atoms with Crippen LogP contribution in [-0.2, 0) is 11.3 Å². The molecule has 110 valence electrons. The normalized spacial score (nSPS) is 10.4. The summed E-state index contributed by atoms with van der Waals surface area (Å²) in [6, 6.07) is 6.89. The van der Waals surface area contributed by atoms with Gasteiger partial charge in [0.1, 0.15) is 5.82 Å². The van der Waals surface area contributed by atoms with Crippen LogP contribution in [0.4, 0.5) is 15.9 Å². The first-order chi connectivity index (χ1) is 9.95. The Kier molecular flexibility index (Phi) is 4.27. The van der Waals surface area contributed by atoms with Gasteiger partial charge in [-0.2, -0.15) is 4.68 Å². The molecule has 7 nitrogen and oxygen atoms in total. The van der Waals surface area contributed by atoms with E-state index < -0.39 is 10.7 Å². The third-order valence-corrected chi connectivity index (χ3v) is 2.81. The zero-order valence-corrected chi connectivity index (χ0v) is 11.2. The van der Waals surface area contributed by atoms with Crippen LogP contribution in [0.1, 0.15) is 12.1 Å². The molecule has 1 amide bonds. The first-order valence-corrected chi connectivity index (χ1v) is 6.20. The molecule has 8 heteroatoms. The predicted octanol–water partition coefficient (Wildman–Crippen LogP) is 2.27. The maximum absolute atomic E-state index is 13.0. The molecule has 0 aliphatic rings. The first-order valence-electron chi connectivity index (χ1n) is 6.20. The maximum atomic E-state index is 13.0. The number of aryl methyl sites for hydroxylation is 2. The molecule has 1 N–H and O–H groups in total. The molecule has 0 saturated carbocycles. The summed E-state index contributed by atoms with van der Waals surface area (Å²) in [6.07, 6.45) is 0.0796. The van der Waals surface area contributed by atoms with Crippen LogP contribution in [0.3, 0.4) is 0 Å². The number of benzene rings is 1. The highest BCUT2D eigenvalue weighted by molar-refractivity contribution is 5.90. The van der Waals surface area contributed by atoms with Gasteiger partial charge in [-0.3, -0.25) is 4.79 Å². The Balaban J connectivity index is 1.93. The van der Waals surface area contributed by atoms with E-state index in [0.29, 0.717) is 11.4 Å². The minimum atomic E-state index is -0.587. The Morgan fingerprint density at radius 3 is 2.86 bits per heavy atom. The summed E-state index contributed by atoms with van der Waals surface area (Å²) in [5, 5.41) is 16.9. The van der Waals surface area contributed by atoms with Crippen LogP contribution in [0.25, 0.3) is 0 Å². The molecule has 1 aromatic carbocycles. The van der Waals surface area contributed by atoms with Crippen LogP contribution in [-0.4, -0.2) is 20.6 Å². The molecular weight excluding hydrogens is 279 g/mol. The molecule has 0 atom stereocenters. The average Bonchev–Trinajstić information content (AvgIpc) is 2.78. The second-order valence-electron chi connectivity index (χ2n) is 4.43. The van der Waals surface area contributed by atoms with Crippen LogP contribution in [0.5, 0.6) is 0 Å². The van der Waals surface area contributed by atoms with E-state index in [1.54, 1.807) is 13.0 Å². The number of amides is 1. The number of nitro groups is 1. The molecule has 0 aliphatic carbocycles. The molecule has 0 spiro atoms. The lowest BCUT2D eigenvalue weighted by Crippen LogP contribution is -2.15. The van der Waals surface area contributed by atoms with Gasteiger partial charge < -0.3 is 15.4 Å². The Labute approximate surface area is 119 Å². The fourth-order valence-corrected chi connectivity index (χ4v) is 1.81. The molecule has 0 radical (unpaired) electrons. The molecule has 1 heterocycles. The van der Waals surface area contributed by atoms with Crippen molar-refractivity contribution in [2.45, 2.75) is 19.9 Å². The summed E-state index contributed by atoms with van der Waals surface area (Å²) < 4.78 is 14.4. The van der Waals surface area contributed by atoms with Gasteiger partial charge in [0.2, 0.25) is 5.91 Å². The minimum absolute atomic E-state index is 0.0796. The van der Waals surface area contributed by atoms with Gasteiger partial charge in [-0.15, -0.1) is 0 Å². The quantitative estimate of drug-likeness (QED) is 0.676. The molecule has 0 fully saturated rings. The van der Waals surface area contributed by atoms with Crippen molar-refractivity contribution in [2.24, 2.45) is 0 Å². The molecule has 2 rings (SSSR count). The van der Waals surface area contributed by atoms with Gasteiger partial charge in [0.25, 0.3) is 0 Å². The number of aromatic nitrogens is 2. The smallest absolute Gasteiger partial charge is 0.358 e. The van der Waals surface area contributed by atoms with E-state index in [4.69, 9.17) is 0 Å². The van der Waals surface area contributed by atoms with Crippen LogP contribution in [0.15, 0.2) is 30.3 Å². The number of nitrogens with one attached hydrogen (secondary N) is 1. The topological polar surface area (TPSA) is 90.1 Å². The van der Waals surface area contributed by atoms with Crippen molar-refractivity contribution in [1.82, 2.24) is 9.78 Å². The highest BCUT2D eigenvalue weighted by Crippen LogP contribution is 2.12. The highest BCUT2D eigenvalue weighted by atomic mass is 19.1. The van der Waals surface area contributed by atoms with E-state index in [1.807, 2.05) is 0 Å². The number of carbonyl (C=O) groups excluding carboxylic acids is 1. The summed E-state index contributed by atoms with van der Waals surface area (Å²) in [4.78, 5) is 21.7. The Bertz CT molecular complexity index is 684. The molecule has 0 saturated heterocycles. The number of hydrogen-bond donors (Lipinski definition) is 1. The Hall–Kier alpha value is -2.77. The standard InChI is InChI=1S/C13H13FN4O3/c1-9-7-12(18(20)21)16-17(9)6-5-13(19)15-11-4-2-3-10(14)8-11/h2-4,7-8H,5-6H2,1H3,(H,15,19). The van der Waals surface area contributed by atoms with E-state index in [-0.39, 0.29) is 24.7 Å². The summed E-state index contributed by atoms with van der Waals surface area (Å²) in [6.45, 7) is 1.88. The fraction of sp³-hybridized carbons (Fsp3) is 0.231.